The number of carboxylic acid groups (broad SMARTS) is 1. The lowest BCUT2D eigenvalue weighted by atomic mass is 9.98. The molecule has 2 aliphatic rings. The van der Waals surface area contributed by atoms with Gasteiger partial charge >= 0.3 is 12.1 Å². The van der Waals surface area contributed by atoms with Crippen molar-refractivity contribution in [3.8, 4) is 11.1 Å². The molecule has 4 rings (SSSR count). The number of amides is 2. The number of hydrogen-bond acceptors (Lipinski definition) is 5. The number of methoxy groups -OCH3 is 1. The molecule has 1 fully saturated rings. The number of likely N-dealkylation sites (tertiary alicyclic amines) is 1. The minimum absolute atomic E-state index is 0.0389. The van der Waals surface area contributed by atoms with Crippen molar-refractivity contribution in [3.05, 3.63) is 59.7 Å². The summed E-state index contributed by atoms with van der Waals surface area (Å²) in [4.78, 5) is 38.5. The summed E-state index contributed by atoms with van der Waals surface area (Å²) in [6.07, 6.45) is 0.384. The third-order valence-electron chi connectivity index (χ3n) is 6.96. The summed E-state index contributed by atoms with van der Waals surface area (Å²) in [6.45, 7) is 2.52. The van der Waals surface area contributed by atoms with Crippen LogP contribution in [0.3, 0.4) is 0 Å². The second-order valence-electron chi connectivity index (χ2n) is 9.18. The topological polar surface area (TPSA) is 105 Å². The molecule has 0 radical (unpaired) electrons. The number of nitrogens with zero attached hydrogens (tertiary/aromatic N) is 1. The Balaban J connectivity index is 1.35. The van der Waals surface area contributed by atoms with Gasteiger partial charge < -0.3 is 24.8 Å². The predicted molar refractivity (Wildman–Crippen MR) is 130 cm³/mol. The van der Waals surface area contributed by atoms with E-state index in [2.05, 4.69) is 29.6 Å². The van der Waals surface area contributed by atoms with Crippen molar-refractivity contribution in [1.82, 2.24) is 10.2 Å². The Kier molecular flexibility index (Phi) is 7.70. The maximum atomic E-state index is 12.9. The Morgan fingerprint density at radius 3 is 2.23 bits per heavy atom. The summed E-state index contributed by atoms with van der Waals surface area (Å²) in [5.41, 5.74) is 4.59. The normalized spacial score (nSPS) is 19.7. The third-order valence-corrected chi connectivity index (χ3v) is 6.96. The molecule has 35 heavy (non-hydrogen) atoms. The Hall–Kier alpha value is -3.39. The summed E-state index contributed by atoms with van der Waals surface area (Å²) < 4.78 is 10.9. The molecule has 2 aromatic carbocycles. The number of benzene rings is 2. The van der Waals surface area contributed by atoms with Crippen molar-refractivity contribution in [2.45, 2.75) is 44.2 Å². The highest BCUT2D eigenvalue weighted by Gasteiger charge is 2.40. The number of fused-ring (bicyclic) bond motifs is 3. The highest BCUT2D eigenvalue weighted by atomic mass is 16.5. The quantitative estimate of drug-likeness (QED) is 0.568. The SMILES string of the molecule is CCC[C@H](CC(=O)N1CC(OC)C(C(=O)O)C1)NC(=O)OCC1c2ccccc2-c2ccccc21. The smallest absolute Gasteiger partial charge is 0.407 e. The molecule has 0 bridgehead atoms. The van der Waals surface area contributed by atoms with Crippen molar-refractivity contribution in [3.63, 3.8) is 0 Å². The van der Waals surface area contributed by atoms with Gasteiger partial charge in [-0.25, -0.2) is 4.79 Å². The van der Waals surface area contributed by atoms with Crippen molar-refractivity contribution in [1.29, 1.82) is 0 Å². The van der Waals surface area contributed by atoms with Crippen LogP contribution >= 0.6 is 0 Å². The second-order valence-corrected chi connectivity index (χ2v) is 9.18. The molecule has 2 unspecified atom stereocenters. The zero-order valence-electron chi connectivity index (χ0n) is 20.1. The molecule has 8 heteroatoms. The average molecular weight is 481 g/mol. The number of carbonyl (C=O) groups is 3. The van der Waals surface area contributed by atoms with Crippen LogP contribution in [0.25, 0.3) is 11.1 Å². The van der Waals surface area contributed by atoms with Gasteiger partial charge in [0.05, 0.1) is 6.10 Å². The van der Waals surface area contributed by atoms with E-state index in [1.54, 1.807) is 0 Å². The number of alkyl carbamates (subject to hydrolysis) is 1. The maximum Gasteiger partial charge on any atom is 0.407 e. The minimum atomic E-state index is -0.978. The highest BCUT2D eigenvalue weighted by Crippen LogP contribution is 2.44. The van der Waals surface area contributed by atoms with Gasteiger partial charge in [0.1, 0.15) is 12.5 Å². The monoisotopic (exact) mass is 480 g/mol. The van der Waals surface area contributed by atoms with Gasteiger partial charge in [-0.3, -0.25) is 9.59 Å². The molecule has 1 aliphatic carbocycles. The molecule has 186 valence electrons. The van der Waals surface area contributed by atoms with Gasteiger partial charge in [0.15, 0.2) is 0 Å². The van der Waals surface area contributed by atoms with Gasteiger partial charge in [0, 0.05) is 38.6 Å². The first-order valence-electron chi connectivity index (χ1n) is 12.1. The van der Waals surface area contributed by atoms with Gasteiger partial charge in [-0.05, 0) is 28.7 Å². The van der Waals surface area contributed by atoms with E-state index >= 15 is 0 Å². The summed E-state index contributed by atoms with van der Waals surface area (Å²) in [5, 5.41) is 12.2. The molecule has 3 atom stereocenters. The Morgan fingerprint density at radius 2 is 1.69 bits per heavy atom. The summed E-state index contributed by atoms with van der Waals surface area (Å²) in [6, 6.07) is 15.9. The molecule has 0 saturated carbocycles. The fourth-order valence-electron chi connectivity index (χ4n) is 5.17. The first kappa shape index (κ1) is 24.7. The van der Waals surface area contributed by atoms with Crippen molar-refractivity contribution in [2.75, 3.05) is 26.8 Å². The fourth-order valence-corrected chi connectivity index (χ4v) is 5.17. The highest BCUT2D eigenvalue weighted by molar-refractivity contribution is 5.81. The van der Waals surface area contributed by atoms with Crippen LogP contribution in [-0.2, 0) is 19.1 Å². The van der Waals surface area contributed by atoms with Gasteiger partial charge in [-0.1, -0.05) is 61.9 Å². The molecule has 1 aliphatic heterocycles. The van der Waals surface area contributed by atoms with Crippen LogP contribution in [0.1, 0.15) is 43.2 Å². The van der Waals surface area contributed by atoms with Crippen LogP contribution in [0.5, 0.6) is 0 Å². The summed E-state index contributed by atoms with van der Waals surface area (Å²) in [5.74, 6) is -1.96. The first-order valence-corrected chi connectivity index (χ1v) is 12.1. The number of nitrogens with one attached hydrogen (secondary N) is 1. The Bertz CT molecular complexity index is 1040. The number of hydrogen-bond donors (Lipinski definition) is 2. The molecule has 0 aromatic heterocycles. The third kappa shape index (κ3) is 5.32. The predicted octanol–water partition coefficient (Wildman–Crippen LogP) is 3.64. The number of carboxylic acids is 1. The van der Waals surface area contributed by atoms with Gasteiger partial charge in [-0.15, -0.1) is 0 Å². The lowest BCUT2D eigenvalue weighted by molar-refractivity contribution is -0.144. The summed E-state index contributed by atoms with van der Waals surface area (Å²) in [7, 11) is 1.45. The second kappa shape index (κ2) is 10.9. The molecule has 2 N–H and O–H groups in total. The minimum Gasteiger partial charge on any atom is -0.481 e. The Morgan fingerprint density at radius 1 is 1.06 bits per heavy atom. The zero-order valence-corrected chi connectivity index (χ0v) is 20.1. The van der Waals surface area contributed by atoms with E-state index in [1.807, 2.05) is 31.2 Å². The molecular weight excluding hydrogens is 448 g/mol. The Labute approximate surface area is 205 Å². The van der Waals surface area contributed by atoms with Crippen molar-refractivity contribution in [2.24, 2.45) is 5.92 Å². The number of rotatable bonds is 9. The standard InChI is InChI=1S/C27H32N2O6/c1-3-8-17(13-25(30)29-14-22(26(31)32)24(15-29)34-2)28-27(33)35-16-23-20-11-6-4-9-18(20)19-10-5-7-12-21(19)23/h4-7,9-12,17,22-24H,3,8,13-16H2,1-2H3,(H,28,33)(H,31,32)/t17-,22?,24?/m1/s1. The van der Waals surface area contributed by atoms with Crippen LogP contribution in [0.4, 0.5) is 4.79 Å². The van der Waals surface area contributed by atoms with Crippen LogP contribution in [-0.4, -0.2) is 66.9 Å². The summed E-state index contributed by atoms with van der Waals surface area (Å²) >= 11 is 0. The molecule has 1 saturated heterocycles. The van der Waals surface area contributed by atoms with Crippen LogP contribution in [0.2, 0.25) is 0 Å². The first-order chi connectivity index (χ1) is 16.9. The number of ether oxygens (including phenoxy) is 2. The molecule has 2 aromatic rings. The average Bonchev–Trinajstić information content (AvgIpc) is 3.43. The van der Waals surface area contributed by atoms with Crippen LogP contribution in [0.15, 0.2) is 48.5 Å². The number of carbonyl (C=O) groups excluding carboxylic acids is 2. The van der Waals surface area contributed by atoms with Crippen molar-refractivity contribution >= 4 is 18.0 Å². The van der Waals surface area contributed by atoms with E-state index in [9.17, 15) is 19.5 Å². The van der Waals surface area contributed by atoms with E-state index in [4.69, 9.17) is 9.47 Å². The molecule has 1 heterocycles. The van der Waals surface area contributed by atoms with E-state index in [-0.39, 0.29) is 37.9 Å². The van der Waals surface area contributed by atoms with Gasteiger partial charge in [0.25, 0.3) is 0 Å². The van der Waals surface area contributed by atoms with E-state index in [1.165, 1.54) is 12.0 Å². The van der Waals surface area contributed by atoms with Crippen LogP contribution in [0, 0.1) is 5.92 Å². The molecule has 8 nitrogen and oxygen atoms in total. The number of aliphatic carboxylic acids is 1. The lowest BCUT2D eigenvalue weighted by Gasteiger charge is -2.22. The maximum absolute atomic E-state index is 12.9. The molecule has 2 amide bonds. The molecular formula is C27H32N2O6. The fraction of sp³-hybridized carbons (Fsp3) is 0.444. The van der Waals surface area contributed by atoms with Gasteiger partial charge in [-0.2, -0.15) is 0 Å². The largest absolute Gasteiger partial charge is 0.481 e. The van der Waals surface area contributed by atoms with Crippen molar-refractivity contribution < 1.29 is 29.0 Å². The van der Waals surface area contributed by atoms with E-state index in [0.717, 1.165) is 28.7 Å². The van der Waals surface area contributed by atoms with E-state index < -0.39 is 30.1 Å². The van der Waals surface area contributed by atoms with Crippen LogP contribution < -0.4 is 5.32 Å². The van der Waals surface area contributed by atoms with E-state index in [0.29, 0.717) is 6.42 Å². The molecule has 0 spiro atoms. The lowest BCUT2D eigenvalue weighted by Crippen LogP contribution is -2.41. The van der Waals surface area contributed by atoms with Gasteiger partial charge in [0.2, 0.25) is 5.91 Å². The zero-order chi connectivity index (χ0) is 24.9.